The van der Waals surface area contributed by atoms with E-state index in [2.05, 4.69) is 13.8 Å². The molecule has 0 aromatic carbocycles. The molecule has 0 aromatic rings. The van der Waals surface area contributed by atoms with Crippen molar-refractivity contribution in [2.75, 3.05) is 0 Å². The maximum atomic E-state index is 12.4. The van der Waals surface area contributed by atoms with Gasteiger partial charge in [-0.3, -0.25) is 9.59 Å². The van der Waals surface area contributed by atoms with Crippen LogP contribution in [0.3, 0.4) is 0 Å². The van der Waals surface area contributed by atoms with Gasteiger partial charge in [0.05, 0.1) is 11.8 Å². The molecule has 6 nitrogen and oxygen atoms in total. The molecule has 2 N–H and O–H groups in total. The molecule has 2 aliphatic rings. The predicted octanol–water partition coefficient (Wildman–Crippen LogP) is 4.22. The smallest absolute Gasteiger partial charge is 0.331 e. The SMILES string of the molecule is C/C=C/C=C/C=C/C(=O)O[C@@H]1C[C@@H](C(=O)O)[C@H](C(=O)O)[C@@]2(C)CCCC(C)(C)[C@H]12. The van der Waals surface area contributed by atoms with Crippen molar-refractivity contribution in [2.45, 2.75) is 59.5 Å². The third-order valence-electron chi connectivity index (χ3n) is 6.67. The Morgan fingerprint density at radius 3 is 2.21 bits per heavy atom. The Morgan fingerprint density at radius 2 is 1.62 bits per heavy atom. The quantitative estimate of drug-likeness (QED) is 0.390. The van der Waals surface area contributed by atoms with Gasteiger partial charge in [-0.2, -0.15) is 0 Å². The van der Waals surface area contributed by atoms with Gasteiger partial charge in [0.2, 0.25) is 0 Å². The van der Waals surface area contributed by atoms with Gasteiger partial charge in [0.15, 0.2) is 0 Å². The zero-order valence-corrected chi connectivity index (χ0v) is 17.6. The molecule has 2 aliphatic carbocycles. The van der Waals surface area contributed by atoms with E-state index in [1.54, 1.807) is 18.2 Å². The van der Waals surface area contributed by atoms with Gasteiger partial charge in [0.1, 0.15) is 6.10 Å². The molecule has 0 saturated heterocycles. The summed E-state index contributed by atoms with van der Waals surface area (Å²) in [6, 6.07) is 0. The highest BCUT2D eigenvalue weighted by atomic mass is 16.5. The van der Waals surface area contributed by atoms with Crippen molar-refractivity contribution in [1.82, 2.24) is 0 Å². The van der Waals surface area contributed by atoms with E-state index < -0.39 is 41.3 Å². The van der Waals surface area contributed by atoms with E-state index in [4.69, 9.17) is 4.74 Å². The Morgan fingerprint density at radius 1 is 0.966 bits per heavy atom. The third-order valence-corrected chi connectivity index (χ3v) is 6.67. The Bertz CT molecular complexity index is 732. The van der Waals surface area contributed by atoms with E-state index in [1.165, 1.54) is 6.08 Å². The number of carbonyl (C=O) groups excluding carboxylic acids is 1. The summed E-state index contributed by atoms with van der Waals surface area (Å²) in [5.74, 6) is -5.08. The van der Waals surface area contributed by atoms with Crippen LogP contribution >= 0.6 is 0 Å². The number of esters is 1. The number of rotatable bonds is 6. The molecule has 160 valence electrons. The number of carbonyl (C=O) groups is 3. The van der Waals surface area contributed by atoms with Crippen molar-refractivity contribution in [2.24, 2.45) is 28.6 Å². The van der Waals surface area contributed by atoms with Crippen LogP contribution in [-0.2, 0) is 19.1 Å². The normalized spacial score (nSPS) is 34.3. The molecule has 2 rings (SSSR count). The first kappa shape index (κ1) is 22.9. The highest BCUT2D eigenvalue weighted by Crippen LogP contribution is 2.61. The third kappa shape index (κ3) is 4.80. The van der Waals surface area contributed by atoms with Gasteiger partial charge in [-0.05, 0) is 37.0 Å². The summed E-state index contributed by atoms with van der Waals surface area (Å²) in [6.45, 7) is 7.87. The molecular formula is C23H32O6. The van der Waals surface area contributed by atoms with Crippen LogP contribution in [0.1, 0.15) is 53.4 Å². The van der Waals surface area contributed by atoms with Gasteiger partial charge < -0.3 is 14.9 Å². The lowest BCUT2D eigenvalue weighted by Gasteiger charge is -2.59. The fraction of sp³-hybridized carbons (Fsp3) is 0.609. The van der Waals surface area contributed by atoms with E-state index >= 15 is 0 Å². The number of fused-ring (bicyclic) bond motifs is 1. The van der Waals surface area contributed by atoms with Gasteiger partial charge in [-0.15, -0.1) is 0 Å². The van der Waals surface area contributed by atoms with Crippen LogP contribution in [0.15, 0.2) is 36.5 Å². The predicted molar refractivity (Wildman–Crippen MR) is 109 cm³/mol. The molecule has 0 unspecified atom stereocenters. The van der Waals surface area contributed by atoms with Gasteiger partial charge in [0, 0.05) is 12.0 Å². The van der Waals surface area contributed by atoms with Crippen LogP contribution in [-0.4, -0.2) is 34.2 Å². The lowest BCUT2D eigenvalue weighted by atomic mass is 9.45. The van der Waals surface area contributed by atoms with Crippen LogP contribution in [0, 0.1) is 28.6 Å². The molecule has 2 fully saturated rings. The van der Waals surface area contributed by atoms with E-state index in [1.807, 2.05) is 26.0 Å². The molecule has 2 saturated carbocycles. The maximum absolute atomic E-state index is 12.4. The van der Waals surface area contributed by atoms with Gasteiger partial charge in [-0.25, -0.2) is 4.79 Å². The summed E-state index contributed by atoms with van der Waals surface area (Å²) in [6.07, 6.45) is 11.8. The van der Waals surface area contributed by atoms with E-state index in [0.717, 1.165) is 12.8 Å². The molecule has 6 heteroatoms. The van der Waals surface area contributed by atoms with Gasteiger partial charge >= 0.3 is 17.9 Å². The Labute approximate surface area is 172 Å². The number of aliphatic carboxylic acids is 2. The zero-order valence-electron chi connectivity index (χ0n) is 17.6. The second kappa shape index (κ2) is 8.97. The lowest BCUT2D eigenvalue weighted by Crippen LogP contribution is -2.61. The van der Waals surface area contributed by atoms with Gasteiger partial charge in [0.25, 0.3) is 0 Å². The standard InChI is InChI=1S/C23H32O6/c1-5-6-7-8-9-11-17(24)29-16-14-15(20(25)26)18(21(27)28)23(4)13-10-12-22(2,3)19(16)23/h5-9,11,15-16,18-19H,10,12-14H2,1-4H3,(H,25,26)(H,27,28)/b6-5+,8-7+,11-9+/t15-,16-,18-,19+,23-/m1/s1. The van der Waals surface area contributed by atoms with Crippen molar-refractivity contribution < 1.29 is 29.3 Å². The number of carboxylic acids is 2. The molecule has 0 radical (unpaired) electrons. The van der Waals surface area contributed by atoms with Crippen molar-refractivity contribution in [3.63, 3.8) is 0 Å². The van der Waals surface area contributed by atoms with Crippen molar-refractivity contribution in [1.29, 1.82) is 0 Å². The van der Waals surface area contributed by atoms with Crippen LogP contribution in [0.2, 0.25) is 0 Å². The number of hydrogen-bond acceptors (Lipinski definition) is 4. The summed E-state index contributed by atoms with van der Waals surface area (Å²) in [7, 11) is 0. The average Bonchev–Trinajstić information content (AvgIpc) is 2.59. The lowest BCUT2D eigenvalue weighted by molar-refractivity contribution is -0.201. The topological polar surface area (TPSA) is 101 Å². The maximum Gasteiger partial charge on any atom is 0.331 e. The van der Waals surface area contributed by atoms with Crippen LogP contribution in [0.5, 0.6) is 0 Å². The van der Waals surface area contributed by atoms with Crippen LogP contribution < -0.4 is 0 Å². The second-order valence-electron chi connectivity index (χ2n) is 9.07. The Kier molecular flexibility index (Phi) is 7.09. The monoisotopic (exact) mass is 404 g/mol. The summed E-state index contributed by atoms with van der Waals surface area (Å²) in [4.78, 5) is 36.4. The number of carboxylic acid groups (broad SMARTS) is 2. The summed E-state index contributed by atoms with van der Waals surface area (Å²) >= 11 is 0. The molecular weight excluding hydrogens is 372 g/mol. The van der Waals surface area contributed by atoms with Crippen molar-refractivity contribution in [3.05, 3.63) is 36.5 Å². The highest BCUT2D eigenvalue weighted by Gasteiger charge is 2.63. The van der Waals surface area contributed by atoms with Crippen molar-refractivity contribution in [3.8, 4) is 0 Å². The molecule has 0 aromatic heterocycles. The number of hydrogen-bond donors (Lipinski definition) is 2. The van der Waals surface area contributed by atoms with Crippen LogP contribution in [0.4, 0.5) is 0 Å². The summed E-state index contributed by atoms with van der Waals surface area (Å²) < 4.78 is 5.74. The molecule has 0 bridgehead atoms. The first-order valence-corrected chi connectivity index (χ1v) is 10.2. The van der Waals surface area contributed by atoms with E-state index in [-0.39, 0.29) is 17.8 Å². The molecule has 0 heterocycles. The minimum absolute atomic E-state index is 0.0178. The summed E-state index contributed by atoms with van der Waals surface area (Å²) in [5, 5.41) is 19.6. The van der Waals surface area contributed by atoms with Crippen LogP contribution in [0.25, 0.3) is 0 Å². The first-order valence-electron chi connectivity index (χ1n) is 10.2. The van der Waals surface area contributed by atoms with Gasteiger partial charge in [-0.1, -0.05) is 57.6 Å². The first-order chi connectivity index (χ1) is 13.5. The molecule has 0 spiro atoms. The Balaban J connectivity index is 2.36. The van der Waals surface area contributed by atoms with Crippen molar-refractivity contribution >= 4 is 17.9 Å². The fourth-order valence-electron chi connectivity index (χ4n) is 5.76. The minimum Gasteiger partial charge on any atom is -0.481 e. The van der Waals surface area contributed by atoms with E-state index in [9.17, 15) is 24.6 Å². The minimum atomic E-state index is -1.15. The fourth-order valence-corrected chi connectivity index (χ4v) is 5.76. The molecule has 0 aliphatic heterocycles. The van der Waals surface area contributed by atoms with E-state index in [0.29, 0.717) is 6.42 Å². The number of ether oxygens (including phenoxy) is 1. The average molecular weight is 405 g/mol. The molecule has 5 atom stereocenters. The summed E-state index contributed by atoms with van der Waals surface area (Å²) in [5.41, 5.74) is -1.01. The zero-order chi connectivity index (χ0) is 21.8. The highest BCUT2D eigenvalue weighted by molar-refractivity contribution is 5.83. The molecule has 0 amide bonds. The Hall–Kier alpha value is -2.37. The molecule has 29 heavy (non-hydrogen) atoms. The number of allylic oxidation sites excluding steroid dienone is 5. The largest absolute Gasteiger partial charge is 0.481 e. The second-order valence-corrected chi connectivity index (χ2v) is 9.07.